The van der Waals surface area contributed by atoms with Crippen molar-refractivity contribution in [1.82, 2.24) is 5.32 Å². The van der Waals surface area contributed by atoms with E-state index in [4.69, 9.17) is 0 Å². The molecule has 0 heterocycles. The lowest BCUT2D eigenvalue weighted by Crippen LogP contribution is -2.41. The van der Waals surface area contributed by atoms with Crippen LogP contribution < -0.4 is 5.32 Å². The summed E-state index contributed by atoms with van der Waals surface area (Å²) in [5.74, 6) is 0.725. The summed E-state index contributed by atoms with van der Waals surface area (Å²) >= 11 is 3.62. The highest BCUT2D eigenvalue weighted by atomic mass is 79.9. The van der Waals surface area contributed by atoms with E-state index in [0.29, 0.717) is 5.41 Å². The summed E-state index contributed by atoms with van der Waals surface area (Å²) in [6, 6.07) is 8.94. The first kappa shape index (κ1) is 15.1. The Morgan fingerprint density at radius 1 is 1.21 bits per heavy atom. The van der Waals surface area contributed by atoms with Gasteiger partial charge >= 0.3 is 0 Å². The Kier molecular flexibility index (Phi) is 5.47. The predicted octanol–water partition coefficient (Wildman–Crippen LogP) is 4.90. The van der Waals surface area contributed by atoms with Crippen LogP contribution in [-0.2, 0) is 5.41 Å². The van der Waals surface area contributed by atoms with E-state index in [1.54, 1.807) is 0 Å². The van der Waals surface area contributed by atoms with Crippen molar-refractivity contribution in [2.75, 3.05) is 13.1 Å². The molecule has 1 aliphatic carbocycles. The van der Waals surface area contributed by atoms with Gasteiger partial charge in [0.15, 0.2) is 0 Å². The van der Waals surface area contributed by atoms with Crippen molar-refractivity contribution in [3.63, 3.8) is 0 Å². The molecule has 1 N–H and O–H groups in total. The van der Waals surface area contributed by atoms with E-state index in [-0.39, 0.29) is 0 Å². The first-order valence-electron chi connectivity index (χ1n) is 7.59. The molecule has 2 heteroatoms. The van der Waals surface area contributed by atoms with Crippen molar-refractivity contribution < 1.29 is 0 Å². The molecule has 19 heavy (non-hydrogen) atoms. The van der Waals surface area contributed by atoms with Gasteiger partial charge in [-0.15, -0.1) is 0 Å². The Morgan fingerprint density at radius 2 is 1.95 bits per heavy atom. The van der Waals surface area contributed by atoms with Gasteiger partial charge in [-0.1, -0.05) is 61.2 Å². The molecule has 0 unspecified atom stereocenters. The number of halogens is 1. The Labute approximate surface area is 126 Å². The topological polar surface area (TPSA) is 12.0 Å². The van der Waals surface area contributed by atoms with Gasteiger partial charge in [0.05, 0.1) is 0 Å². The first-order valence-corrected chi connectivity index (χ1v) is 8.38. The van der Waals surface area contributed by atoms with E-state index in [2.05, 4.69) is 59.4 Å². The predicted molar refractivity (Wildman–Crippen MR) is 86.6 cm³/mol. The number of hydrogen-bond donors (Lipinski definition) is 1. The van der Waals surface area contributed by atoms with E-state index in [0.717, 1.165) is 19.0 Å². The van der Waals surface area contributed by atoms with Crippen LogP contribution in [0.4, 0.5) is 0 Å². The lowest BCUT2D eigenvalue weighted by molar-refractivity contribution is 0.276. The van der Waals surface area contributed by atoms with Crippen LogP contribution in [0.1, 0.15) is 51.5 Å². The lowest BCUT2D eigenvalue weighted by atomic mass is 9.69. The summed E-state index contributed by atoms with van der Waals surface area (Å²) in [5, 5.41) is 3.70. The van der Waals surface area contributed by atoms with Crippen LogP contribution in [0.5, 0.6) is 0 Å². The van der Waals surface area contributed by atoms with Gasteiger partial charge in [0.2, 0.25) is 0 Å². The molecule has 1 aromatic carbocycles. The van der Waals surface area contributed by atoms with Gasteiger partial charge in [-0.05, 0) is 43.0 Å². The standard InChI is InChI=1S/C17H26BrN/c1-14(2)12-19-13-17(9-4-3-5-10-17)15-7-6-8-16(18)11-15/h6-8,11,14,19H,3-5,9-10,12-13H2,1-2H3. The zero-order valence-electron chi connectivity index (χ0n) is 12.2. The van der Waals surface area contributed by atoms with Gasteiger partial charge in [-0.2, -0.15) is 0 Å². The molecule has 0 aliphatic heterocycles. The average Bonchev–Trinajstić information content (AvgIpc) is 2.39. The molecule has 0 bridgehead atoms. The number of hydrogen-bond acceptors (Lipinski definition) is 1. The average molecular weight is 324 g/mol. The second-order valence-corrected chi connectivity index (χ2v) is 7.29. The van der Waals surface area contributed by atoms with Crippen LogP contribution in [0.15, 0.2) is 28.7 Å². The highest BCUT2D eigenvalue weighted by molar-refractivity contribution is 9.10. The fourth-order valence-electron chi connectivity index (χ4n) is 3.21. The minimum atomic E-state index is 0.358. The SMILES string of the molecule is CC(C)CNCC1(c2cccc(Br)c2)CCCCC1. The Bertz CT molecular complexity index is 394. The van der Waals surface area contributed by atoms with Gasteiger partial charge in [0.25, 0.3) is 0 Å². The molecule has 0 aromatic heterocycles. The first-order chi connectivity index (χ1) is 9.12. The van der Waals surface area contributed by atoms with Crippen LogP contribution >= 0.6 is 15.9 Å². The van der Waals surface area contributed by atoms with Crippen LogP contribution in [-0.4, -0.2) is 13.1 Å². The molecule has 106 valence electrons. The van der Waals surface area contributed by atoms with Crippen LogP contribution in [0, 0.1) is 5.92 Å². The second-order valence-electron chi connectivity index (χ2n) is 6.38. The van der Waals surface area contributed by atoms with E-state index in [9.17, 15) is 0 Å². The van der Waals surface area contributed by atoms with Gasteiger partial charge in [0, 0.05) is 16.4 Å². The molecule has 0 spiro atoms. The van der Waals surface area contributed by atoms with Crippen molar-refractivity contribution in [2.45, 2.75) is 51.4 Å². The third-order valence-corrected chi connectivity index (χ3v) is 4.76. The zero-order chi connectivity index (χ0) is 13.7. The monoisotopic (exact) mass is 323 g/mol. The Balaban J connectivity index is 2.14. The third kappa shape index (κ3) is 4.06. The fourth-order valence-corrected chi connectivity index (χ4v) is 3.61. The number of nitrogens with one attached hydrogen (secondary N) is 1. The summed E-state index contributed by atoms with van der Waals surface area (Å²) in [5.41, 5.74) is 1.87. The van der Waals surface area contributed by atoms with Crippen LogP contribution in [0.3, 0.4) is 0 Å². The summed E-state index contributed by atoms with van der Waals surface area (Å²) in [6.07, 6.45) is 6.80. The summed E-state index contributed by atoms with van der Waals surface area (Å²) < 4.78 is 1.21. The summed E-state index contributed by atoms with van der Waals surface area (Å²) in [4.78, 5) is 0. The molecule has 1 aliphatic rings. The maximum Gasteiger partial charge on any atom is 0.0178 e. The summed E-state index contributed by atoms with van der Waals surface area (Å²) in [6.45, 7) is 6.80. The van der Waals surface area contributed by atoms with Gasteiger partial charge in [-0.25, -0.2) is 0 Å². The smallest absolute Gasteiger partial charge is 0.0178 e. The molecule has 1 aromatic rings. The molecule has 0 saturated heterocycles. The molecule has 1 saturated carbocycles. The largest absolute Gasteiger partial charge is 0.316 e. The molecule has 0 amide bonds. The van der Waals surface area contributed by atoms with Crippen LogP contribution in [0.2, 0.25) is 0 Å². The van der Waals surface area contributed by atoms with E-state index in [1.165, 1.54) is 42.1 Å². The molecule has 1 fully saturated rings. The third-order valence-electron chi connectivity index (χ3n) is 4.26. The molecule has 0 atom stereocenters. The van der Waals surface area contributed by atoms with Gasteiger partial charge < -0.3 is 5.32 Å². The molecular weight excluding hydrogens is 298 g/mol. The maximum absolute atomic E-state index is 3.70. The van der Waals surface area contributed by atoms with Crippen molar-refractivity contribution >= 4 is 15.9 Å². The van der Waals surface area contributed by atoms with Gasteiger partial charge in [0.1, 0.15) is 0 Å². The Hall–Kier alpha value is -0.340. The molecular formula is C17H26BrN. The van der Waals surface area contributed by atoms with E-state index >= 15 is 0 Å². The normalized spacial score (nSPS) is 18.7. The van der Waals surface area contributed by atoms with Crippen molar-refractivity contribution in [3.8, 4) is 0 Å². The van der Waals surface area contributed by atoms with Crippen molar-refractivity contribution in [1.29, 1.82) is 0 Å². The quantitative estimate of drug-likeness (QED) is 0.812. The fraction of sp³-hybridized carbons (Fsp3) is 0.647. The van der Waals surface area contributed by atoms with E-state index in [1.807, 2.05) is 0 Å². The van der Waals surface area contributed by atoms with Gasteiger partial charge in [-0.3, -0.25) is 0 Å². The number of rotatable bonds is 5. The van der Waals surface area contributed by atoms with Crippen molar-refractivity contribution in [2.24, 2.45) is 5.92 Å². The minimum Gasteiger partial charge on any atom is -0.316 e. The summed E-state index contributed by atoms with van der Waals surface area (Å²) in [7, 11) is 0. The maximum atomic E-state index is 3.70. The highest BCUT2D eigenvalue weighted by Crippen LogP contribution is 2.39. The molecule has 2 rings (SSSR count). The second kappa shape index (κ2) is 6.90. The zero-order valence-corrected chi connectivity index (χ0v) is 13.8. The van der Waals surface area contributed by atoms with Crippen LogP contribution in [0.25, 0.3) is 0 Å². The van der Waals surface area contributed by atoms with Crippen molar-refractivity contribution in [3.05, 3.63) is 34.3 Å². The Morgan fingerprint density at radius 3 is 2.58 bits per heavy atom. The minimum absolute atomic E-state index is 0.358. The highest BCUT2D eigenvalue weighted by Gasteiger charge is 2.33. The molecule has 1 nitrogen and oxygen atoms in total. The number of benzene rings is 1. The van der Waals surface area contributed by atoms with E-state index < -0.39 is 0 Å². The lowest BCUT2D eigenvalue weighted by Gasteiger charge is -2.38. The molecule has 0 radical (unpaired) electrons.